The Morgan fingerprint density at radius 2 is 1.39 bits per heavy atom. The van der Waals surface area contributed by atoms with Gasteiger partial charge in [-0.15, -0.1) is 0 Å². The first kappa shape index (κ1) is 41.1. The molecule has 0 aliphatic carbocycles. The van der Waals surface area contributed by atoms with Crippen molar-refractivity contribution >= 4 is 54.2 Å². The lowest BCUT2D eigenvalue weighted by Crippen LogP contribution is -2.69. The van der Waals surface area contributed by atoms with Crippen molar-refractivity contribution in [2.45, 2.75) is 45.1 Å². The summed E-state index contributed by atoms with van der Waals surface area (Å²) in [4.78, 5) is 48.0. The molecule has 11 heteroatoms. The van der Waals surface area contributed by atoms with E-state index in [0.717, 1.165) is 48.8 Å². The summed E-state index contributed by atoms with van der Waals surface area (Å²) in [6.07, 6.45) is 1.00. The first-order valence-electron chi connectivity index (χ1n) is 19.3. The molecule has 3 atom stereocenters. The van der Waals surface area contributed by atoms with Crippen LogP contribution >= 0.6 is 6.89 Å². The highest BCUT2D eigenvalue weighted by Gasteiger charge is 2.56. The van der Waals surface area contributed by atoms with Gasteiger partial charge in [0.15, 0.2) is 14.1 Å². The van der Waals surface area contributed by atoms with Crippen molar-refractivity contribution < 1.29 is 33.0 Å². The molecule has 0 saturated carbocycles. The number of esters is 1. The summed E-state index contributed by atoms with van der Waals surface area (Å²) in [7, 11) is -2.12. The van der Waals surface area contributed by atoms with Gasteiger partial charge in [0.1, 0.15) is 24.4 Å². The van der Waals surface area contributed by atoms with E-state index in [2.05, 4.69) is 31.1 Å². The summed E-state index contributed by atoms with van der Waals surface area (Å²) in [5.74, 6) is -1.04. The lowest BCUT2D eigenvalue weighted by molar-refractivity contribution is -0.156. The van der Waals surface area contributed by atoms with Crippen LogP contribution in [0.5, 0.6) is 5.75 Å². The van der Waals surface area contributed by atoms with Gasteiger partial charge in [-0.3, -0.25) is 14.5 Å². The maximum atomic E-state index is 14.9. The first-order chi connectivity index (χ1) is 27.0. The van der Waals surface area contributed by atoms with Crippen LogP contribution in [0.3, 0.4) is 0 Å². The van der Waals surface area contributed by atoms with Crippen molar-refractivity contribution in [3.05, 3.63) is 133 Å². The summed E-state index contributed by atoms with van der Waals surface area (Å²) in [5.41, 5.74) is 0.722. The molecule has 294 valence electrons. The molecule has 0 radical (unpaired) electrons. The Morgan fingerprint density at radius 1 is 0.857 bits per heavy atom. The Bertz CT molecular complexity index is 1910. The molecule has 0 N–H and O–H groups in total. The van der Waals surface area contributed by atoms with Gasteiger partial charge in [0.05, 0.1) is 31.3 Å². The summed E-state index contributed by atoms with van der Waals surface area (Å²) in [6, 6.07) is 36.0. The predicted octanol–water partition coefficient (Wildman–Crippen LogP) is 5.89. The first-order valence-corrected chi connectivity index (χ1v) is 24.5. The molecular weight excluding hydrogens is 740 g/mol. The normalized spacial score (nSPS) is 18.1. The van der Waals surface area contributed by atoms with Crippen LogP contribution in [0.25, 0.3) is 0 Å². The minimum Gasteiger partial charge on any atom is -0.492 e. The van der Waals surface area contributed by atoms with E-state index in [1.807, 2.05) is 110 Å². The standard InChI is InChI=1S/C45H53N2O7PSi/c1-6-29-53-45(50)44(55(37-16-10-7-11-17-37,38-18-12-8-13-19-38)39-20-14-9-15-21-39)47-40(42(43(47)49)34(2)54-56(3,4)5)33-41(48)35-22-24-36(25-23-35)52-32-28-46-26-30-51-31-27-46/h6-25,34,40,42H,1,26-33H2,2-5H3/t34-,40-,42-/m1/s1. The van der Waals surface area contributed by atoms with Gasteiger partial charge in [-0.25, -0.2) is 4.79 Å². The molecule has 2 aliphatic heterocycles. The molecule has 2 saturated heterocycles. The van der Waals surface area contributed by atoms with Crippen LogP contribution in [-0.2, 0) is 23.5 Å². The Morgan fingerprint density at radius 3 is 1.89 bits per heavy atom. The summed E-state index contributed by atoms with van der Waals surface area (Å²) < 4.78 is 23.9. The second-order valence-electron chi connectivity index (χ2n) is 15.1. The van der Waals surface area contributed by atoms with E-state index in [0.29, 0.717) is 17.9 Å². The zero-order valence-corrected chi connectivity index (χ0v) is 34.7. The molecule has 2 heterocycles. The van der Waals surface area contributed by atoms with Gasteiger partial charge in [0.2, 0.25) is 5.91 Å². The van der Waals surface area contributed by atoms with Crippen molar-refractivity contribution in [2.24, 2.45) is 5.92 Å². The highest BCUT2D eigenvalue weighted by Crippen LogP contribution is 2.50. The van der Waals surface area contributed by atoms with Crippen molar-refractivity contribution in [2.75, 3.05) is 46.1 Å². The van der Waals surface area contributed by atoms with Crippen LogP contribution in [0.15, 0.2) is 128 Å². The van der Waals surface area contributed by atoms with Gasteiger partial charge in [-0.1, -0.05) is 104 Å². The number of carbonyl (C=O) groups excluding carboxylic acids is 3. The second kappa shape index (κ2) is 18.6. The minimum atomic E-state index is -3.15. The molecule has 4 aromatic rings. The number of ether oxygens (including phenoxy) is 3. The third-order valence-corrected chi connectivity index (χ3v) is 15.5. The summed E-state index contributed by atoms with van der Waals surface area (Å²) in [5, 5.41) is 2.62. The SMILES string of the molecule is C=CCOC(=O)C(N1C(=O)[C@H]([C@@H](C)O[Si](C)(C)C)[C@H]1CC(=O)c1ccc(OCCN2CCOCC2)cc1)=P(c1ccccc1)(c1ccccc1)c1ccccc1. The molecule has 6 rings (SSSR count). The van der Waals surface area contributed by atoms with Crippen molar-refractivity contribution in [3.8, 4) is 5.75 Å². The van der Waals surface area contributed by atoms with Crippen molar-refractivity contribution in [1.29, 1.82) is 0 Å². The van der Waals surface area contributed by atoms with Gasteiger partial charge in [-0.05, 0) is 66.7 Å². The molecule has 0 bridgehead atoms. The number of hydrogen-bond donors (Lipinski definition) is 0. The quantitative estimate of drug-likeness (QED) is 0.0327. The van der Waals surface area contributed by atoms with Crippen LogP contribution in [0.1, 0.15) is 23.7 Å². The van der Waals surface area contributed by atoms with E-state index < -0.39 is 39.2 Å². The number of benzene rings is 4. The minimum absolute atomic E-state index is 0.0242. The number of likely N-dealkylation sites (tertiary alicyclic amines) is 1. The number of amides is 1. The fraction of sp³-hybridized carbons (Fsp3) is 0.333. The zero-order valence-electron chi connectivity index (χ0n) is 32.8. The summed E-state index contributed by atoms with van der Waals surface area (Å²) >= 11 is 0. The number of hydrogen-bond acceptors (Lipinski definition) is 8. The van der Waals surface area contributed by atoms with E-state index in [1.54, 1.807) is 17.0 Å². The van der Waals surface area contributed by atoms with E-state index in [9.17, 15) is 14.4 Å². The number of ketones is 1. The zero-order chi connectivity index (χ0) is 39.7. The number of nitrogens with zero attached hydrogens (tertiary/aromatic N) is 2. The lowest BCUT2D eigenvalue weighted by Gasteiger charge is -2.52. The molecule has 0 aromatic heterocycles. The fourth-order valence-corrected chi connectivity index (χ4v) is 13.4. The van der Waals surface area contributed by atoms with E-state index >= 15 is 0 Å². The average Bonchev–Trinajstić information content (AvgIpc) is 3.20. The molecule has 2 fully saturated rings. The van der Waals surface area contributed by atoms with Crippen LogP contribution in [0.2, 0.25) is 19.6 Å². The lowest BCUT2D eigenvalue weighted by atomic mass is 9.79. The van der Waals surface area contributed by atoms with Crippen molar-refractivity contribution in [3.63, 3.8) is 0 Å². The molecule has 1 amide bonds. The van der Waals surface area contributed by atoms with Crippen LogP contribution in [-0.4, -0.2) is 99.4 Å². The number of carbonyl (C=O) groups is 3. The monoisotopic (exact) mass is 792 g/mol. The Labute approximate surface area is 332 Å². The molecule has 0 unspecified atom stereocenters. The van der Waals surface area contributed by atoms with Crippen LogP contribution in [0.4, 0.5) is 0 Å². The smallest absolute Gasteiger partial charge is 0.356 e. The van der Waals surface area contributed by atoms with E-state index in [1.165, 1.54) is 6.08 Å². The van der Waals surface area contributed by atoms with Crippen molar-refractivity contribution in [1.82, 2.24) is 9.80 Å². The van der Waals surface area contributed by atoms with E-state index in [4.69, 9.17) is 18.6 Å². The van der Waals surface area contributed by atoms with E-state index in [-0.39, 0.29) is 30.1 Å². The number of morpholine rings is 1. The van der Waals surface area contributed by atoms with Crippen LogP contribution < -0.4 is 20.7 Å². The topological polar surface area (TPSA) is 94.6 Å². The third kappa shape index (κ3) is 9.17. The van der Waals surface area contributed by atoms with Gasteiger partial charge in [0, 0.05) is 38.5 Å². The van der Waals surface area contributed by atoms with Gasteiger partial charge in [-0.2, -0.15) is 0 Å². The maximum Gasteiger partial charge on any atom is 0.356 e. The number of Topliss-reactive ketones (excluding diaryl/α,β-unsaturated/α-hetero) is 1. The fourth-order valence-electron chi connectivity index (χ4n) is 7.72. The van der Waals surface area contributed by atoms with Gasteiger partial charge < -0.3 is 23.5 Å². The Kier molecular flexibility index (Phi) is 13.6. The molecular formula is C45H53N2O7PSi. The van der Waals surface area contributed by atoms with Gasteiger partial charge in [0.25, 0.3) is 0 Å². The molecule has 9 nitrogen and oxygen atoms in total. The van der Waals surface area contributed by atoms with Gasteiger partial charge >= 0.3 is 5.97 Å². The average molecular weight is 793 g/mol. The highest BCUT2D eigenvalue weighted by molar-refractivity contribution is 7.96. The Balaban J connectivity index is 1.46. The largest absolute Gasteiger partial charge is 0.492 e. The Hall–Kier alpha value is -4.57. The molecule has 4 aromatic carbocycles. The maximum absolute atomic E-state index is 14.9. The molecule has 2 aliphatic rings. The highest BCUT2D eigenvalue weighted by atomic mass is 31.2. The number of rotatable bonds is 17. The number of β-lactam (4-membered cyclic amide) rings is 1. The summed E-state index contributed by atoms with van der Waals surface area (Å²) in [6.45, 7) is 13.3. The third-order valence-electron chi connectivity index (χ3n) is 10.2. The van der Waals surface area contributed by atoms with Crippen LogP contribution in [0, 0.1) is 5.92 Å². The molecule has 56 heavy (non-hydrogen) atoms. The molecule has 0 spiro atoms. The predicted molar refractivity (Wildman–Crippen MR) is 227 cm³/mol. The second-order valence-corrected chi connectivity index (χ2v) is 22.9.